The van der Waals surface area contributed by atoms with E-state index in [-0.39, 0.29) is 12.5 Å². The van der Waals surface area contributed by atoms with Gasteiger partial charge in [0, 0.05) is 11.6 Å². The molecule has 2 N–H and O–H groups in total. The van der Waals surface area contributed by atoms with Crippen LogP contribution in [0.25, 0.3) is 10.9 Å². The summed E-state index contributed by atoms with van der Waals surface area (Å²) in [4.78, 5) is 23.9. The number of fused-ring (bicyclic) bond motifs is 1. The molecule has 5 heteroatoms. The number of hydrogen-bond donors (Lipinski definition) is 1. The number of aromatic nitrogens is 1. The van der Waals surface area contributed by atoms with Gasteiger partial charge >= 0.3 is 0 Å². The lowest BCUT2D eigenvalue weighted by atomic mass is 10.2. The van der Waals surface area contributed by atoms with Crippen molar-refractivity contribution >= 4 is 22.7 Å². The summed E-state index contributed by atoms with van der Waals surface area (Å²) in [5.74, 6) is -0.221. The molecule has 0 bridgehead atoms. The fraction of sp³-hybridized carbons (Fsp3) is 0.0588. The Labute approximate surface area is 126 Å². The Balaban J connectivity index is 1.89. The van der Waals surface area contributed by atoms with Gasteiger partial charge in [-0.3, -0.25) is 14.2 Å². The number of para-hydroxylation sites is 2. The summed E-state index contributed by atoms with van der Waals surface area (Å²) in [5.41, 5.74) is 6.32. The summed E-state index contributed by atoms with van der Waals surface area (Å²) in [7, 11) is 0. The number of amides is 1. The SMILES string of the molecule is NC(=O)c1cn(C(=O)COc2ccccc2)c2ccccc12. The second kappa shape index (κ2) is 5.73. The van der Waals surface area contributed by atoms with Gasteiger partial charge in [0.1, 0.15) is 5.75 Å². The summed E-state index contributed by atoms with van der Waals surface area (Å²) in [6, 6.07) is 16.2. The monoisotopic (exact) mass is 294 g/mol. The summed E-state index contributed by atoms with van der Waals surface area (Å²) in [6.45, 7) is -0.124. The Morgan fingerprint density at radius 1 is 1.00 bits per heavy atom. The van der Waals surface area contributed by atoms with Gasteiger partial charge < -0.3 is 10.5 Å². The van der Waals surface area contributed by atoms with Crippen LogP contribution in [0.1, 0.15) is 15.2 Å². The van der Waals surface area contributed by atoms with Crippen molar-refractivity contribution < 1.29 is 14.3 Å². The number of carbonyl (C=O) groups excluding carboxylic acids is 2. The van der Waals surface area contributed by atoms with E-state index in [0.717, 1.165) is 0 Å². The number of primary amides is 1. The highest BCUT2D eigenvalue weighted by Crippen LogP contribution is 2.21. The first-order chi connectivity index (χ1) is 10.7. The van der Waals surface area contributed by atoms with Crippen LogP contribution in [0.15, 0.2) is 60.8 Å². The maximum atomic E-state index is 12.4. The molecule has 0 aliphatic heterocycles. The van der Waals surface area contributed by atoms with Crippen LogP contribution in [-0.2, 0) is 0 Å². The van der Waals surface area contributed by atoms with Gasteiger partial charge in [0.15, 0.2) is 6.61 Å². The Bertz CT molecular complexity index is 837. The van der Waals surface area contributed by atoms with Gasteiger partial charge in [0.2, 0.25) is 0 Å². The van der Waals surface area contributed by atoms with Gasteiger partial charge in [-0.15, -0.1) is 0 Å². The number of nitrogens with two attached hydrogens (primary N) is 1. The summed E-state index contributed by atoms with van der Waals surface area (Å²) < 4.78 is 6.86. The smallest absolute Gasteiger partial charge is 0.269 e. The van der Waals surface area contributed by atoms with Crippen LogP contribution in [-0.4, -0.2) is 23.0 Å². The van der Waals surface area contributed by atoms with E-state index in [2.05, 4.69) is 0 Å². The molecule has 3 rings (SSSR count). The van der Waals surface area contributed by atoms with Crippen molar-refractivity contribution in [3.05, 3.63) is 66.4 Å². The number of carbonyl (C=O) groups is 2. The van der Waals surface area contributed by atoms with E-state index in [4.69, 9.17) is 10.5 Å². The van der Waals surface area contributed by atoms with Gasteiger partial charge in [-0.1, -0.05) is 36.4 Å². The van der Waals surface area contributed by atoms with Crippen LogP contribution in [0.5, 0.6) is 5.75 Å². The average Bonchev–Trinajstić information content (AvgIpc) is 2.93. The number of ether oxygens (including phenoxy) is 1. The normalized spacial score (nSPS) is 10.5. The lowest BCUT2D eigenvalue weighted by molar-refractivity contribution is 0.0843. The molecule has 1 amide bonds. The molecule has 0 atom stereocenters. The average molecular weight is 294 g/mol. The Kier molecular flexibility index (Phi) is 3.62. The minimum Gasteiger partial charge on any atom is -0.484 e. The van der Waals surface area contributed by atoms with Crippen LogP contribution in [0.2, 0.25) is 0 Å². The molecular weight excluding hydrogens is 280 g/mol. The first-order valence-electron chi connectivity index (χ1n) is 6.78. The zero-order chi connectivity index (χ0) is 15.5. The molecule has 2 aromatic carbocycles. The first kappa shape index (κ1) is 13.9. The Morgan fingerprint density at radius 3 is 2.41 bits per heavy atom. The van der Waals surface area contributed by atoms with Crippen LogP contribution in [0.4, 0.5) is 0 Å². The van der Waals surface area contributed by atoms with Crippen LogP contribution < -0.4 is 10.5 Å². The Hall–Kier alpha value is -3.08. The van der Waals surface area contributed by atoms with Gasteiger partial charge in [-0.2, -0.15) is 0 Å². The van der Waals surface area contributed by atoms with Crippen LogP contribution >= 0.6 is 0 Å². The van der Waals surface area contributed by atoms with Crippen molar-refractivity contribution in [1.82, 2.24) is 4.57 Å². The van der Waals surface area contributed by atoms with E-state index in [1.165, 1.54) is 10.8 Å². The molecule has 1 heterocycles. The number of benzene rings is 2. The van der Waals surface area contributed by atoms with E-state index in [0.29, 0.717) is 22.2 Å². The standard InChI is InChI=1S/C17H14N2O3/c18-17(21)14-10-19(15-9-5-4-8-13(14)15)16(20)11-22-12-6-2-1-3-7-12/h1-10H,11H2,(H2,18,21). The minimum atomic E-state index is -0.563. The zero-order valence-corrected chi connectivity index (χ0v) is 11.7. The Morgan fingerprint density at radius 2 is 1.68 bits per heavy atom. The summed E-state index contributed by atoms with van der Waals surface area (Å²) in [6.07, 6.45) is 1.46. The van der Waals surface area contributed by atoms with E-state index in [1.54, 1.807) is 36.4 Å². The molecule has 0 saturated carbocycles. The van der Waals surface area contributed by atoms with Gasteiger partial charge in [0.25, 0.3) is 11.8 Å². The van der Waals surface area contributed by atoms with Crippen molar-refractivity contribution in [1.29, 1.82) is 0 Å². The van der Waals surface area contributed by atoms with Gasteiger partial charge in [0.05, 0.1) is 11.1 Å². The van der Waals surface area contributed by atoms with Crippen LogP contribution in [0, 0.1) is 0 Å². The lowest BCUT2D eigenvalue weighted by Crippen LogP contribution is -2.18. The van der Waals surface area contributed by atoms with Crippen molar-refractivity contribution in [3.63, 3.8) is 0 Å². The largest absolute Gasteiger partial charge is 0.484 e. The molecule has 0 aliphatic carbocycles. The molecule has 0 unspecified atom stereocenters. The third-order valence-electron chi connectivity index (χ3n) is 3.35. The fourth-order valence-electron chi connectivity index (χ4n) is 2.31. The molecule has 0 spiro atoms. The zero-order valence-electron chi connectivity index (χ0n) is 11.7. The van der Waals surface area contributed by atoms with Gasteiger partial charge in [-0.25, -0.2) is 0 Å². The molecule has 5 nitrogen and oxygen atoms in total. The maximum Gasteiger partial charge on any atom is 0.269 e. The maximum absolute atomic E-state index is 12.4. The predicted molar refractivity (Wildman–Crippen MR) is 83.0 cm³/mol. The van der Waals surface area contributed by atoms with E-state index < -0.39 is 5.91 Å². The molecular formula is C17H14N2O3. The lowest BCUT2D eigenvalue weighted by Gasteiger charge is -2.06. The number of rotatable bonds is 4. The predicted octanol–water partition coefficient (Wildman–Crippen LogP) is 2.46. The molecule has 3 aromatic rings. The van der Waals surface area contributed by atoms with E-state index in [1.807, 2.05) is 18.2 Å². The third kappa shape index (κ3) is 2.56. The minimum absolute atomic E-state index is 0.124. The van der Waals surface area contributed by atoms with Crippen molar-refractivity contribution in [2.75, 3.05) is 6.61 Å². The van der Waals surface area contributed by atoms with Crippen molar-refractivity contribution in [2.24, 2.45) is 5.73 Å². The van der Waals surface area contributed by atoms with Gasteiger partial charge in [-0.05, 0) is 18.2 Å². The fourth-order valence-corrected chi connectivity index (χ4v) is 2.31. The highest BCUT2D eigenvalue weighted by atomic mass is 16.5. The molecule has 110 valence electrons. The highest BCUT2D eigenvalue weighted by molar-refractivity contribution is 6.08. The van der Waals surface area contributed by atoms with E-state index in [9.17, 15) is 9.59 Å². The van der Waals surface area contributed by atoms with Crippen LogP contribution in [0.3, 0.4) is 0 Å². The summed E-state index contributed by atoms with van der Waals surface area (Å²) in [5, 5.41) is 0.656. The topological polar surface area (TPSA) is 74.3 Å². The second-order valence-corrected chi connectivity index (χ2v) is 4.79. The second-order valence-electron chi connectivity index (χ2n) is 4.79. The first-order valence-corrected chi connectivity index (χ1v) is 6.78. The number of nitrogens with zero attached hydrogens (tertiary/aromatic N) is 1. The highest BCUT2D eigenvalue weighted by Gasteiger charge is 2.16. The molecule has 0 fully saturated rings. The van der Waals surface area contributed by atoms with Crippen molar-refractivity contribution in [3.8, 4) is 5.75 Å². The molecule has 0 saturated heterocycles. The van der Waals surface area contributed by atoms with E-state index >= 15 is 0 Å². The third-order valence-corrected chi connectivity index (χ3v) is 3.35. The number of hydrogen-bond acceptors (Lipinski definition) is 3. The van der Waals surface area contributed by atoms with Crippen molar-refractivity contribution in [2.45, 2.75) is 0 Å². The molecule has 22 heavy (non-hydrogen) atoms. The summed E-state index contributed by atoms with van der Waals surface area (Å²) >= 11 is 0. The molecule has 0 radical (unpaired) electrons. The molecule has 0 aliphatic rings. The molecule has 1 aromatic heterocycles. The quantitative estimate of drug-likeness (QED) is 0.803.